The molecule has 1 fully saturated rings. The molecule has 0 bridgehead atoms. The number of urea groups is 1. The third-order valence-corrected chi connectivity index (χ3v) is 5.66. The van der Waals surface area contributed by atoms with Crippen LogP contribution in [0.3, 0.4) is 0 Å². The van der Waals surface area contributed by atoms with Crippen molar-refractivity contribution in [2.24, 2.45) is 0 Å². The van der Waals surface area contributed by atoms with Gasteiger partial charge in [0.05, 0.1) is 5.69 Å². The molecule has 2 aromatic rings. The number of benzene rings is 1. The van der Waals surface area contributed by atoms with Crippen molar-refractivity contribution < 1.29 is 9.18 Å². The summed E-state index contributed by atoms with van der Waals surface area (Å²) in [5, 5.41) is 14.4. The number of hydrogen-bond donors (Lipinski definition) is 2. The van der Waals surface area contributed by atoms with Gasteiger partial charge in [-0.1, -0.05) is 46.5 Å². The predicted molar refractivity (Wildman–Crippen MR) is 102 cm³/mol. The Labute approximate surface area is 158 Å². The van der Waals surface area contributed by atoms with E-state index in [1.54, 1.807) is 6.07 Å². The molecule has 1 heterocycles. The number of nitrogens with one attached hydrogen (secondary N) is 2. The van der Waals surface area contributed by atoms with Crippen LogP contribution in [0.15, 0.2) is 22.7 Å². The van der Waals surface area contributed by atoms with Gasteiger partial charge in [0.1, 0.15) is 5.82 Å². The molecule has 0 saturated heterocycles. The Hall–Kier alpha value is -1.74. The maximum Gasteiger partial charge on any atom is 0.325 e. The van der Waals surface area contributed by atoms with Crippen LogP contribution >= 0.6 is 27.3 Å². The van der Waals surface area contributed by atoms with Crippen LogP contribution in [-0.4, -0.2) is 29.3 Å². The Morgan fingerprint density at radius 1 is 1.28 bits per heavy atom. The zero-order chi connectivity index (χ0) is 17.8. The highest BCUT2D eigenvalue weighted by molar-refractivity contribution is 9.10. The number of rotatable bonds is 4. The van der Waals surface area contributed by atoms with E-state index in [1.807, 2.05) is 7.05 Å². The molecule has 6 nitrogen and oxygen atoms in total. The fourth-order valence-corrected chi connectivity index (χ4v) is 3.98. The van der Waals surface area contributed by atoms with Crippen LogP contribution in [0.1, 0.15) is 32.1 Å². The normalized spacial score (nSPS) is 15.0. The third-order valence-electron chi connectivity index (χ3n) is 4.24. The van der Waals surface area contributed by atoms with E-state index in [9.17, 15) is 9.18 Å². The van der Waals surface area contributed by atoms with Gasteiger partial charge in [-0.2, -0.15) is 0 Å². The first-order chi connectivity index (χ1) is 12.0. The van der Waals surface area contributed by atoms with Gasteiger partial charge in [-0.25, -0.2) is 9.18 Å². The minimum Gasteiger partial charge on any atom is -0.347 e. The van der Waals surface area contributed by atoms with Crippen molar-refractivity contribution in [3.05, 3.63) is 28.5 Å². The summed E-state index contributed by atoms with van der Waals surface area (Å²) in [6.45, 7) is 0. The monoisotopic (exact) mass is 427 g/mol. The first kappa shape index (κ1) is 18.1. The molecule has 0 aliphatic heterocycles. The van der Waals surface area contributed by atoms with Crippen molar-refractivity contribution >= 4 is 49.2 Å². The molecule has 1 aromatic carbocycles. The summed E-state index contributed by atoms with van der Waals surface area (Å²) in [5.74, 6) is -0.514. The lowest BCUT2D eigenvalue weighted by molar-refractivity contribution is 0.262. The molecule has 9 heteroatoms. The van der Waals surface area contributed by atoms with Crippen LogP contribution in [0, 0.1) is 5.82 Å². The maximum atomic E-state index is 13.8. The minimum absolute atomic E-state index is 0.102. The van der Waals surface area contributed by atoms with Gasteiger partial charge >= 0.3 is 6.03 Å². The minimum atomic E-state index is -0.552. The lowest BCUT2D eigenvalue weighted by Gasteiger charge is -2.30. The molecular weight excluding hydrogens is 409 g/mol. The largest absolute Gasteiger partial charge is 0.347 e. The lowest BCUT2D eigenvalue weighted by atomic mass is 9.95. The number of amides is 2. The molecule has 0 radical (unpaired) electrons. The first-order valence-electron chi connectivity index (χ1n) is 8.12. The van der Waals surface area contributed by atoms with E-state index in [2.05, 4.69) is 41.7 Å². The summed E-state index contributed by atoms with van der Waals surface area (Å²) in [6, 6.07) is 4.35. The Morgan fingerprint density at radius 3 is 2.76 bits per heavy atom. The average molecular weight is 428 g/mol. The summed E-state index contributed by atoms with van der Waals surface area (Å²) in [7, 11) is 2.01. The van der Waals surface area contributed by atoms with Crippen molar-refractivity contribution in [3.63, 3.8) is 0 Å². The van der Waals surface area contributed by atoms with E-state index < -0.39 is 11.8 Å². The molecule has 3 rings (SSSR count). The summed E-state index contributed by atoms with van der Waals surface area (Å²) in [5.41, 5.74) is 0.102. The molecule has 1 aliphatic rings. The molecule has 134 valence electrons. The molecule has 2 N–H and O–H groups in total. The van der Waals surface area contributed by atoms with Crippen LogP contribution < -0.4 is 15.5 Å². The summed E-state index contributed by atoms with van der Waals surface area (Å²) in [4.78, 5) is 14.2. The molecule has 0 atom stereocenters. The fourth-order valence-electron chi connectivity index (χ4n) is 2.87. The van der Waals surface area contributed by atoms with Gasteiger partial charge < -0.3 is 10.2 Å². The Morgan fingerprint density at radius 2 is 2.04 bits per heavy atom. The number of anilines is 3. The summed E-state index contributed by atoms with van der Waals surface area (Å²) >= 11 is 4.49. The highest BCUT2D eigenvalue weighted by Crippen LogP contribution is 2.30. The zero-order valence-electron chi connectivity index (χ0n) is 13.8. The standard InChI is InChI=1S/C16H19BrFN5OS/c1-23(11-5-3-2-4-6-11)16-22-21-15(25-16)20-14(24)19-13-8-7-10(17)9-12(13)18/h7-9,11H,2-6H2,1H3,(H2,19,20,21,24). The molecule has 1 saturated carbocycles. The molecule has 0 unspecified atom stereocenters. The Kier molecular flexibility index (Phi) is 5.85. The Bertz CT molecular complexity index is 750. The van der Waals surface area contributed by atoms with Crippen LogP contribution in [0.4, 0.5) is 25.1 Å². The van der Waals surface area contributed by atoms with Gasteiger partial charge in [-0.05, 0) is 31.0 Å². The van der Waals surface area contributed by atoms with Crippen molar-refractivity contribution in [2.75, 3.05) is 22.6 Å². The smallest absolute Gasteiger partial charge is 0.325 e. The highest BCUT2D eigenvalue weighted by atomic mass is 79.9. The second kappa shape index (κ2) is 8.09. The highest BCUT2D eigenvalue weighted by Gasteiger charge is 2.21. The molecule has 2 amide bonds. The van der Waals surface area contributed by atoms with E-state index in [-0.39, 0.29) is 5.69 Å². The zero-order valence-corrected chi connectivity index (χ0v) is 16.2. The number of carbonyl (C=O) groups is 1. The van der Waals surface area contributed by atoms with Crippen molar-refractivity contribution in [3.8, 4) is 0 Å². The summed E-state index contributed by atoms with van der Waals surface area (Å²) in [6.07, 6.45) is 6.07. The van der Waals surface area contributed by atoms with E-state index in [4.69, 9.17) is 0 Å². The van der Waals surface area contributed by atoms with Crippen LogP contribution in [-0.2, 0) is 0 Å². The fraction of sp³-hybridized carbons (Fsp3) is 0.438. The molecule has 25 heavy (non-hydrogen) atoms. The molecule has 1 aromatic heterocycles. The quantitative estimate of drug-likeness (QED) is 0.731. The number of hydrogen-bond acceptors (Lipinski definition) is 5. The third kappa shape index (κ3) is 4.66. The van der Waals surface area contributed by atoms with Gasteiger partial charge in [0, 0.05) is 17.6 Å². The van der Waals surface area contributed by atoms with E-state index >= 15 is 0 Å². The van der Waals surface area contributed by atoms with Gasteiger partial charge in [0.25, 0.3) is 0 Å². The van der Waals surface area contributed by atoms with Crippen molar-refractivity contribution in [2.45, 2.75) is 38.1 Å². The van der Waals surface area contributed by atoms with E-state index in [0.717, 1.165) is 18.0 Å². The molecular formula is C16H19BrFN5OS. The van der Waals surface area contributed by atoms with Crippen LogP contribution in [0.5, 0.6) is 0 Å². The van der Waals surface area contributed by atoms with Crippen molar-refractivity contribution in [1.29, 1.82) is 0 Å². The van der Waals surface area contributed by atoms with Gasteiger partial charge in [-0.15, -0.1) is 10.2 Å². The van der Waals surface area contributed by atoms with Gasteiger partial charge in [-0.3, -0.25) is 5.32 Å². The number of aromatic nitrogens is 2. The van der Waals surface area contributed by atoms with Crippen molar-refractivity contribution in [1.82, 2.24) is 10.2 Å². The number of halogens is 2. The first-order valence-corrected chi connectivity index (χ1v) is 9.73. The SMILES string of the molecule is CN(c1nnc(NC(=O)Nc2ccc(Br)cc2F)s1)C1CCCCC1. The molecule has 1 aliphatic carbocycles. The summed E-state index contributed by atoms with van der Waals surface area (Å²) < 4.78 is 14.4. The second-order valence-electron chi connectivity index (χ2n) is 6.00. The van der Waals surface area contributed by atoms with E-state index in [1.165, 1.54) is 42.7 Å². The van der Waals surface area contributed by atoms with E-state index in [0.29, 0.717) is 15.6 Å². The topological polar surface area (TPSA) is 70.2 Å². The average Bonchev–Trinajstić information content (AvgIpc) is 3.06. The number of nitrogens with zero attached hydrogens (tertiary/aromatic N) is 3. The Balaban J connectivity index is 1.59. The number of carbonyl (C=O) groups excluding carboxylic acids is 1. The maximum absolute atomic E-state index is 13.8. The van der Waals surface area contributed by atoms with Crippen LogP contribution in [0.25, 0.3) is 0 Å². The second-order valence-corrected chi connectivity index (χ2v) is 7.87. The lowest BCUT2D eigenvalue weighted by Crippen LogP contribution is -2.33. The van der Waals surface area contributed by atoms with Gasteiger partial charge in [0.2, 0.25) is 10.3 Å². The molecule has 0 spiro atoms. The van der Waals surface area contributed by atoms with Crippen LogP contribution in [0.2, 0.25) is 0 Å². The van der Waals surface area contributed by atoms with Gasteiger partial charge in [0.15, 0.2) is 0 Å². The predicted octanol–water partition coefficient (Wildman–Crippen LogP) is 4.85.